The predicted octanol–water partition coefficient (Wildman–Crippen LogP) is 3.32. The number of amides is 1. The van der Waals surface area contributed by atoms with Crippen LogP contribution in [0.5, 0.6) is 0 Å². The number of thioether (sulfide) groups is 1. The molecular formula is C13H18FNOS. The fraction of sp³-hybridized carbons (Fsp3) is 0.462. The predicted molar refractivity (Wildman–Crippen MR) is 72.0 cm³/mol. The van der Waals surface area contributed by atoms with Gasteiger partial charge in [-0.05, 0) is 43.4 Å². The molecule has 1 rings (SSSR count). The maximum Gasteiger partial charge on any atom is 0.236 e. The van der Waals surface area contributed by atoms with E-state index >= 15 is 0 Å². The lowest BCUT2D eigenvalue weighted by molar-refractivity contribution is -0.116. The molecule has 4 heteroatoms. The SMILES string of the molecule is CCCSCC(=O)N(CC)c1ccc(F)cc1. The van der Waals surface area contributed by atoms with Crippen molar-refractivity contribution in [2.24, 2.45) is 0 Å². The molecule has 0 radical (unpaired) electrons. The van der Waals surface area contributed by atoms with Crippen molar-refractivity contribution < 1.29 is 9.18 Å². The van der Waals surface area contributed by atoms with Gasteiger partial charge in [-0.15, -0.1) is 0 Å². The van der Waals surface area contributed by atoms with Gasteiger partial charge in [-0.2, -0.15) is 11.8 Å². The van der Waals surface area contributed by atoms with Gasteiger partial charge in [-0.3, -0.25) is 4.79 Å². The van der Waals surface area contributed by atoms with Crippen LogP contribution in [0.25, 0.3) is 0 Å². The number of hydrogen-bond acceptors (Lipinski definition) is 2. The van der Waals surface area contributed by atoms with E-state index in [-0.39, 0.29) is 11.7 Å². The molecule has 0 aliphatic heterocycles. The highest BCUT2D eigenvalue weighted by atomic mass is 32.2. The zero-order valence-corrected chi connectivity index (χ0v) is 11.1. The third kappa shape index (κ3) is 4.38. The van der Waals surface area contributed by atoms with Crippen LogP contribution in [0.4, 0.5) is 10.1 Å². The molecule has 0 saturated heterocycles. The van der Waals surface area contributed by atoms with Crippen molar-refractivity contribution in [1.82, 2.24) is 0 Å². The Morgan fingerprint density at radius 2 is 1.94 bits per heavy atom. The number of rotatable bonds is 6. The van der Waals surface area contributed by atoms with E-state index < -0.39 is 0 Å². The largest absolute Gasteiger partial charge is 0.312 e. The van der Waals surface area contributed by atoms with Crippen LogP contribution in [0.3, 0.4) is 0 Å². The minimum absolute atomic E-state index is 0.0811. The van der Waals surface area contributed by atoms with E-state index in [1.54, 1.807) is 28.8 Å². The summed E-state index contributed by atoms with van der Waals surface area (Å²) in [6.45, 7) is 4.62. The number of halogens is 1. The van der Waals surface area contributed by atoms with Crippen molar-refractivity contribution >= 4 is 23.4 Å². The molecule has 0 fully saturated rings. The van der Waals surface area contributed by atoms with Gasteiger partial charge in [0.25, 0.3) is 0 Å². The quantitative estimate of drug-likeness (QED) is 0.727. The first kappa shape index (κ1) is 14.0. The maximum absolute atomic E-state index is 12.8. The van der Waals surface area contributed by atoms with Gasteiger partial charge < -0.3 is 4.90 Å². The number of carbonyl (C=O) groups is 1. The van der Waals surface area contributed by atoms with Crippen LogP contribution in [0.15, 0.2) is 24.3 Å². The molecule has 0 heterocycles. The fourth-order valence-corrected chi connectivity index (χ4v) is 2.27. The van der Waals surface area contributed by atoms with Crippen LogP contribution < -0.4 is 4.90 Å². The third-order valence-electron chi connectivity index (χ3n) is 2.33. The van der Waals surface area contributed by atoms with Gasteiger partial charge in [0.1, 0.15) is 5.82 Å². The highest BCUT2D eigenvalue weighted by Gasteiger charge is 2.13. The molecule has 1 amide bonds. The van der Waals surface area contributed by atoms with Crippen LogP contribution >= 0.6 is 11.8 Å². The maximum atomic E-state index is 12.8. The molecule has 0 aliphatic rings. The Kier molecular flexibility index (Phi) is 6.05. The lowest BCUT2D eigenvalue weighted by Crippen LogP contribution is -2.32. The summed E-state index contributed by atoms with van der Waals surface area (Å²) in [6, 6.07) is 6.04. The van der Waals surface area contributed by atoms with Gasteiger partial charge in [0.05, 0.1) is 5.75 Å². The molecule has 0 saturated carbocycles. The Hall–Kier alpha value is -1.03. The van der Waals surface area contributed by atoms with Gasteiger partial charge in [-0.25, -0.2) is 4.39 Å². The van der Waals surface area contributed by atoms with E-state index in [0.29, 0.717) is 12.3 Å². The molecule has 17 heavy (non-hydrogen) atoms. The highest BCUT2D eigenvalue weighted by molar-refractivity contribution is 7.99. The Morgan fingerprint density at radius 3 is 2.47 bits per heavy atom. The topological polar surface area (TPSA) is 20.3 Å². The molecule has 94 valence electrons. The molecule has 0 N–H and O–H groups in total. The number of carbonyl (C=O) groups excluding carboxylic acids is 1. The second-order valence-corrected chi connectivity index (χ2v) is 4.77. The van der Waals surface area contributed by atoms with Gasteiger partial charge in [0.2, 0.25) is 5.91 Å². The second-order valence-electron chi connectivity index (χ2n) is 3.67. The molecule has 0 bridgehead atoms. The van der Waals surface area contributed by atoms with Crippen LogP contribution in [0.1, 0.15) is 20.3 Å². The number of nitrogens with zero attached hydrogens (tertiary/aromatic N) is 1. The summed E-state index contributed by atoms with van der Waals surface area (Å²) >= 11 is 1.64. The average Bonchev–Trinajstić information content (AvgIpc) is 2.33. The van der Waals surface area contributed by atoms with Crippen molar-refractivity contribution in [3.8, 4) is 0 Å². The average molecular weight is 255 g/mol. The minimum Gasteiger partial charge on any atom is -0.312 e. The summed E-state index contributed by atoms with van der Waals surface area (Å²) in [7, 11) is 0. The lowest BCUT2D eigenvalue weighted by Gasteiger charge is -2.20. The smallest absolute Gasteiger partial charge is 0.236 e. The molecule has 2 nitrogen and oxygen atoms in total. The lowest BCUT2D eigenvalue weighted by atomic mass is 10.3. The summed E-state index contributed by atoms with van der Waals surface area (Å²) in [5.74, 6) is 1.28. The first-order chi connectivity index (χ1) is 8.19. The van der Waals surface area contributed by atoms with Gasteiger partial charge in [-0.1, -0.05) is 6.92 Å². The Bertz CT molecular complexity index is 353. The summed E-state index contributed by atoms with van der Waals surface area (Å²) < 4.78 is 12.8. The zero-order chi connectivity index (χ0) is 12.7. The van der Waals surface area contributed by atoms with Crippen LogP contribution in [0, 0.1) is 5.82 Å². The van der Waals surface area contributed by atoms with E-state index in [4.69, 9.17) is 0 Å². The summed E-state index contributed by atoms with van der Waals surface area (Å²) in [4.78, 5) is 13.6. The van der Waals surface area contributed by atoms with Crippen molar-refractivity contribution in [1.29, 1.82) is 0 Å². The van der Waals surface area contributed by atoms with E-state index in [2.05, 4.69) is 6.92 Å². The Balaban J connectivity index is 2.64. The van der Waals surface area contributed by atoms with Gasteiger partial charge in [0, 0.05) is 12.2 Å². The Labute approximate surface area is 106 Å². The molecule has 1 aromatic carbocycles. The zero-order valence-electron chi connectivity index (χ0n) is 10.3. The number of anilines is 1. The van der Waals surface area contributed by atoms with E-state index in [1.165, 1.54) is 12.1 Å². The van der Waals surface area contributed by atoms with Crippen LogP contribution in [0.2, 0.25) is 0 Å². The van der Waals surface area contributed by atoms with E-state index in [0.717, 1.165) is 17.9 Å². The molecule has 0 atom stereocenters. The van der Waals surface area contributed by atoms with Crippen LogP contribution in [-0.2, 0) is 4.79 Å². The highest BCUT2D eigenvalue weighted by Crippen LogP contribution is 2.16. The second kappa shape index (κ2) is 7.33. The summed E-state index contributed by atoms with van der Waals surface area (Å²) in [5, 5.41) is 0. The number of hydrogen-bond donors (Lipinski definition) is 0. The van der Waals surface area contributed by atoms with Crippen LogP contribution in [-0.4, -0.2) is 24.0 Å². The van der Waals surface area contributed by atoms with Gasteiger partial charge in [0.15, 0.2) is 0 Å². The molecule has 0 aliphatic carbocycles. The number of benzene rings is 1. The third-order valence-corrected chi connectivity index (χ3v) is 3.48. The molecule has 1 aromatic rings. The molecular weight excluding hydrogens is 237 g/mol. The monoisotopic (exact) mass is 255 g/mol. The summed E-state index contributed by atoms with van der Waals surface area (Å²) in [6.07, 6.45) is 1.07. The minimum atomic E-state index is -0.280. The Morgan fingerprint density at radius 1 is 1.29 bits per heavy atom. The standard InChI is InChI=1S/C13H18FNOS/c1-3-9-17-10-13(16)15(4-2)12-7-5-11(14)6-8-12/h5-8H,3-4,9-10H2,1-2H3. The summed E-state index contributed by atoms with van der Waals surface area (Å²) in [5.41, 5.74) is 0.760. The molecule has 0 aromatic heterocycles. The van der Waals surface area contributed by atoms with Crippen molar-refractivity contribution in [2.75, 3.05) is 23.0 Å². The molecule has 0 spiro atoms. The van der Waals surface area contributed by atoms with Gasteiger partial charge >= 0.3 is 0 Å². The first-order valence-electron chi connectivity index (χ1n) is 5.82. The first-order valence-corrected chi connectivity index (χ1v) is 6.98. The molecule has 0 unspecified atom stereocenters. The van der Waals surface area contributed by atoms with Crippen molar-refractivity contribution in [2.45, 2.75) is 20.3 Å². The van der Waals surface area contributed by atoms with E-state index in [1.807, 2.05) is 6.92 Å². The normalized spacial score (nSPS) is 10.3. The fourth-order valence-electron chi connectivity index (χ4n) is 1.51. The van der Waals surface area contributed by atoms with Crippen molar-refractivity contribution in [3.63, 3.8) is 0 Å². The van der Waals surface area contributed by atoms with Crippen molar-refractivity contribution in [3.05, 3.63) is 30.1 Å². The van der Waals surface area contributed by atoms with E-state index in [9.17, 15) is 9.18 Å².